The van der Waals surface area contributed by atoms with Gasteiger partial charge in [0.2, 0.25) is 0 Å². The third-order valence-electron chi connectivity index (χ3n) is 2.99. The molecule has 5 heteroatoms. The maximum Gasteiger partial charge on any atom is 0.322 e. The van der Waals surface area contributed by atoms with Crippen LogP contribution >= 0.6 is 0 Å². The first-order chi connectivity index (χ1) is 8.70. The second-order valence-electron chi connectivity index (χ2n) is 4.26. The molecule has 0 radical (unpaired) electrons. The molecule has 2 N–H and O–H groups in total. The molecule has 2 atom stereocenters. The van der Waals surface area contributed by atoms with Crippen LogP contribution in [-0.2, 0) is 9.53 Å². The number of ether oxygens (including phenoxy) is 1. The molecule has 1 aromatic rings. The Bertz CT molecular complexity index is 433. The van der Waals surface area contributed by atoms with Crippen LogP contribution in [-0.4, -0.2) is 37.6 Å². The summed E-state index contributed by atoms with van der Waals surface area (Å²) in [5, 5.41) is 5.92. The predicted octanol–water partition coefficient (Wildman–Crippen LogP) is 0.320. The number of hydrogen-bond acceptors (Lipinski definition) is 4. The van der Waals surface area contributed by atoms with Crippen LogP contribution in [0.5, 0.6) is 0 Å². The number of esters is 1. The normalized spacial score (nSPS) is 22.5. The molecule has 1 fully saturated rings. The van der Waals surface area contributed by atoms with Crippen LogP contribution in [0.2, 0.25) is 0 Å². The second-order valence-corrected chi connectivity index (χ2v) is 4.26. The first kappa shape index (κ1) is 12.6. The molecule has 1 aliphatic rings. The molecule has 0 bridgehead atoms. The smallest absolute Gasteiger partial charge is 0.322 e. The number of rotatable bonds is 3. The number of carbonyl (C=O) groups is 2. The SMILES string of the molecule is COC(=O)C1C[C@@H](NC(=O)c2ccccc2)CN1. The lowest BCUT2D eigenvalue weighted by Crippen LogP contribution is -2.36. The molecule has 1 heterocycles. The van der Waals surface area contributed by atoms with Crippen LogP contribution in [0.1, 0.15) is 16.8 Å². The van der Waals surface area contributed by atoms with Crippen molar-refractivity contribution in [1.82, 2.24) is 10.6 Å². The van der Waals surface area contributed by atoms with Gasteiger partial charge in [-0.05, 0) is 18.6 Å². The van der Waals surface area contributed by atoms with E-state index in [9.17, 15) is 9.59 Å². The van der Waals surface area contributed by atoms with Crippen LogP contribution in [0, 0.1) is 0 Å². The lowest BCUT2D eigenvalue weighted by Gasteiger charge is -2.11. The molecule has 0 aromatic heterocycles. The topological polar surface area (TPSA) is 67.4 Å². The molecule has 1 aliphatic heterocycles. The highest BCUT2D eigenvalue weighted by molar-refractivity contribution is 5.94. The average molecular weight is 248 g/mol. The van der Waals surface area contributed by atoms with Crippen molar-refractivity contribution in [2.24, 2.45) is 0 Å². The molecule has 0 aliphatic carbocycles. The zero-order valence-corrected chi connectivity index (χ0v) is 10.2. The third kappa shape index (κ3) is 2.87. The van der Waals surface area contributed by atoms with Gasteiger partial charge in [0.15, 0.2) is 0 Å². The molecule has 96 valence electrons. The highest BCUT2D eigenvalue weighted by Crippen LogP contribution is 2.09. The van der Waals surface area contributed by atoms with Crippen molar-refractivity contribution >= 4 is 11.9 Å². The quantitative estimate of drug-likeness (QED) is 0.756. The summed E-state index contributed by atoms with van der Waals surface area (Å²) >= 11 is 0. The summed E-state index contributed by atoms with van der Waals surface area (Å²) in [5.41, 5.74) is 0.624. The van der Waals surface area contributed by atoms with Gasteiger partial charge in [0.25, 0.3) is 5.91 Å². The van der Waals surface area contributed by atoms with Crippen molar-refractivity contribution in [3.63, 3.8) is 0 Å². The number of benzene rings is 1. The van der Waals surface area contributed by atoms with E-state index in [4.69, 9.17) is 0 Å². The molecular weight excluding hydrogens is 232 g/mol. The second kappa shape index (κ2) is 5.64. The average Bonchev–Trinajstić information content (AvgIpc) is 2.87. The van der Waals surface area contributed by atoms with E-state index in [0.29, 0.717) is 18.5 Å². The Morgan fingerprint density at radius 2 is 2.06 bits per heavy atom. The van der Waals surface area contributed by atoms with Gasteiger partial charge in [-0.15, -0.1) is 0 Å². The number of nitrogens with one attached hydrogen (secondary N) is 2. The fourth-order valence-corrected chi connectivity index (χ4v) is 2.03. The summed E-state index contributed by atoms with van der Waals surface area (Å²) in [6.07, 6.45) is 0.561. The van der Waals surface area contributed by atoms with Gasteiger partial charge < -0.3 is 15.4 Å². The molecule has 1 unspecified atom stereocenters. The van der Waals surface area contributed by atoms with E-state index in [2.05, 4.69) is 15.4 Å². The number of carbonyl (C=O) groups excluding carboxylic acids is 2. The van der Waals surface area contributed by atoms with Gasteiger partial charge >= 0.3 is 5.97 Å². The van der Waals surface area contributed by atoms with E-state index < -0.39 is 0 Å². The van der Waals surface area contributed by atoms with Gasteiger partial charge in [-0.1, -0.05) is 18.2 Å². The van der Waals surface area contributed by atoms with Crippen molar-refractivity contribution < 1.29 is 14.3 Å². The van der Waals surface area contributed by atoms with Gasteiger partial charge in [0, 0.05) is 18.2 Å². The minimum absolute atomic E-state index is 0.0400. The Morgan fingerprint density at radius 1 is 1.33 bits per heavy atom. The summed E-state index contributed by atoms with van der Waals surface area (Å²) in [7, 11) is 1.36. The molecule has 1 saturated heterocycles. The van der Waals surface area contributed by atoms with Gasteiger partial charge in [-0.3, -0.25) is 9.59 Å². The van der Waals surface area contributed by atoms with Crippen LogP contribution in [0.15, 0.2) is 30.3 Å². The van der Waals surface area contributed by atoms with Crippen molar-refractivity contribution in [2.45, 2.75) is 18.5 Å². The maximum absolute atomic E-state index is 11.9. The lowest BCUT2D eigenvalue weighted by atomic mass is 10.1. The molecular formula is C13H16N2O3. The Morgan fingerprint density at radius 3 is 2.72 bits per heavy atom. The van der Waals surface area contributed by atoms with Crippen LogP contribution < -0.4 is 10.6 Å². The number of amides is 1. The maximum atomic E-state index is 11.9. The van der Waals surface area contributed by atoms with E-state index in [-0.39, 0.29) is 24.0 Å². The van der Waals surface area contributed by atoms with Crippen molar-refractivity contribution in [3.05, 3.63) is 35.9 Å². The molecule has 2 rings (SSSR count). The van der Waals surface area contributed by atoms with Gasteiger partial charge in [0.1, 0.15) is 6.04 Å². The van der Waals surface area contributed by atoms with Crippen LogP contribution in [0.4, 0.5) is 0 Å². The van der Waals surface area contributed by atoms with Crippen molar-refractivity contribution in [3.8, 4) is 0 Å². The van der Waals surface area contributed by atoms with Crippen molar-refractivity contribution in [2.75, 3.05) is 13.7 Å². The Hall–Kier alpha value is -1.88. The zero-order valence-electron chi connectivity index (χ0n) is 10.2. The van der Waals surface area contributed by atoms with Gasteiger partial charge in [0.05, 0.1) is 7.11 Å². The highest BCUT2D eigenvalue weighted by atomic mass is 16.5. The molecule has 1 aromatic carbocycles. The lowest BCUT2D eigenvalue weighted by molar-refractivity contribution is -0.142. The molecule has 18 heavy (non-hydrogen) atoms. The van der Waals surface area contributed by atoms with E-state index in [1.165, 1.54) is 7.11 Å². The van der Waals surface area contributed by atoms with E-state index in [1.807, 2.05) is 18.2 Å². The third-order valence-corrected chi connectivity index (χ3v) is 2.99. The largest absolute Gasteiger partial charge is 0.468 e. The summed E-state index contributed by atoms with van der Waals surface area (Å²) in [4.78, 5) is 23.2. The summed E-state index contributed by atoms with van der Waals surface area (Å²) in [6.45, 7) is 0.582. The molecule has 0 saturated carbocycles. The summed E-state index contributed by atoms with van der Waals surface area (Å²) < 4.78 is 4.66. The molecule has 0 spiro atoms. The summed E-state index contributed by atoms with van der Waals surface area (Å²) in [6, 6.07) is 8.66. The summed E-state index contributed by atoms with van der Waals surface area (Å²) in [5.74, 6) is -0.403. The first-order valence-corrected chi connectivity index (χ1v) is 5.88. The Kier molecular flexibility index (Phi) is 3.94. The van der Waals surface area contributed by atoms with Crippen LogP contribution in [0.25, 0.3) is 0 Å². The zero-order chi connectivity index (χ0) is 13.0. The minimum atomic E-state index is -0.323. The first-order valence-electron chi connectivity index (χ1n) is 5.88. The van der Waals surface area contributed by atoms with E-state index >= 15 is 0 Å². The monoisotopic (exact) mass is 248 g/mol. The number of methoxy groups -OCH3 is 1. The minimum Gasteiger partial charge on any atom is -0.468 e. The van der Waals surface area contributed by atoms with E-state index in [1.54, 1.807) is 12.1 Å². The van der Waals surface area contributed by atoms with Gasteiger partial charge in [-0.25, -0.2) is 0 Å². The van der Waals surface area contributed by atoms with Crippen molar-refractivity contribution in [1.29, 1.82) is 0 Å². The fraction of sp³-hybridized carbons (Fsp3) is 0.385. The Labute approximate surface area is 106 Å². The number of hydrogen-bond donors (Lipinski definition) is 2. The highest BCUT2D eigenvalue weighted by Gasteiger charge is 2.30. The predicted molar refractivity (Wildman–Crippen MR) is 66.1 cm³/mol. The van der Waals surface area contributed by atoms with E-state index in [0.717, 1.165) is 0 Å². The fourth-order valence-electron chi connectivity index (χ4n) is 2.03. The molecule has 1 amide bonds. The molecule has 5 nitrogen and oxygen atoms in total. The standard InChI is InChI=1S/C13H16N2O3/c1-18-13(17)11-7-10(8-14-11)15-12(16)9-5-3-2-4-6-9/h2-6,10-11,14H,7-8H2,1H3,(H,15,16)/t10-,11?/m1/s1. The van der Waals surface area contributed by atoms with Crippen LogP contribution in [0.3, 0.4) is 0 Å². The van der Waals surface area contributed by atoms with Gasteiger partial charge in [-0.2, -0.15) is 0 Å². The Balaban J connectivity index is 1.89.